The lowest BCUT2D eigenvalue weighted by Gasteiger charge is -2.32. The summed E-state index contributed by atoms with van der Waals surface area (Å²) in [5.41, 5.74) is 8.90. The van der Waals surface area contributed by atoms with Crippen LogP contribution >= 0.6 is 0 Å². The Bertz CT molecular complexity index is 330. The van der Waals surface area contributed by atoms with Gasteiger partial charge in [-0.1, -0.05) is 45.0 Å². The summed E-state index contributed by atoms with van der Waals surface area (Å²) >= 11 is 0. The van der Waals surface area contributed by atoms with Crippen molar-refractivity contribution in [3.05, 3.63) is 35.4 Å². The highest BCUT2D eigenvalue weighted by atomic mass is 15.2. The monoisotopic (exact) mass is 248 g/mol. The van der Waals surface area contributed by atoms with E-state index in [1.54, 1.807) is 0 Å². The molecule has 2 N–H and O–H groups in total. The highest BCUT2D eigenvalue weighted by molar-refractivity contribution is 5.30. The van der Waals surface area contributed by atoms with Crippen LogP contribution in [0.3, 0.4) is 0 Å². The number of benzene rings is 1. The summed E-state index contributed by atoms with van der Waals surface area (Å²) in [6.07, 6.45) is 3.45. The molecular formula is C16H28N2. The first-order chi connectivity index (χ1) is 8.78. The van der Waals surface area contributed by atoms with E-state index in [9.17, 15) is 0 Å². The fraction of sp³-hybridized carbons (Fsp3) is 0.625. The molecule has 0 aliphatic heterocycles. The van der Waals surface area contributed by atoms with Gasteiger partial charge in [0, 0.05) is 12.6 Å². The molecule has 2 nitrogen and oxygen atoms in total. The van der Waals surface area contributed by atoms with Crippen LogP contribution in [0.15, 0.2) is 24.3 Å². The van der Waals surface area contributed by atoms with E-state index in [2.05, 4.69) is 49.9 Å². The molecule has 0 saturated carbocycles. The third-order valence-corrected chi connectivity index (χ3v) is 3.48. The van der Waals surface area contributed by atoms with Crippen LogP contribution < -0.4 is 5.73 Å². The van der Waals surface area contributed by atoms with E-state index in [0.29, 0.717) is 12.6 Å². The van der Waals surface area contributed by atoms with Crippen molar-refractivity contribution in [3.8, 4) is 0 Å². The van der Waals surface area contributed by atoms with Gasteiger partial charge in [-0.2, -0.15) is 0 Å². The molecule has 2 heteroatoms. The maximum atomic E-state index is 6.05. The van der Waals surface area contributed by atoms with Gasteiger partial charge < -0.3 is 5.73 Å². The first-order valence-corrected chi connectivity index (χ1v) is 7.30. The van der Waals surface area contributed by atoms with Gasteiger partial charge in [0.15, 0.2) is 0 Å². The van der Waals surface area contributed by atoms with Gasteiger partial charge in [-0.15, -0.1) is 0 Å². The van der Waals surface area contributed by atoms with Crippen LogP contribution in [0.1, 0.15) is 50.8 Å². The molecule has 1 atom stereocenters. The number of rotatable bonds is 8. The molecule has 1 unspecified atom stereocenters. The zero-order chi connectivity index (χ0) is 13.4. The molecule has 18 heavy (non-hydrogen) atoms. The van der Waals surface area contributed by atoms with E-state index in [4.69, 9.17) is 5.73 Å². The fourth-order valence-corrected chi connectivity index (χ4v) is 2.65. The van der Waals surface area contributed by atoms with Crippen LogP contribution in [0, 0.1) is 0 Å². The molecule has 1 aromatic rings. The van der Waals surface area contributed by atoms with E-state index in [1.807, 2.05) is 0 Å². The van der Waals surface area contributed by atoms with Crippen molar-refractivity contribution in [2.75, 3.05) is 19.6 Å². The molecular weight excluding hydrogens is 220 g/mol. The molecule has 102 valence electrons. The second kappa shape index (κ2) is 8.28. The van der Waals surface area contributed by atoms with Crippen molar-refractivity contribution in [3.63, 3.8) is 0 Å². The number of nitrogens with two attached hydrogens (primary N) is 1. The number of nitrogens with zero attached hydrogens (tertiary/aromatic N) is 1. The summed E-state index contributed by atoms with van der Waals surface area (Å²) in [7, 11) is 0. The zero-order valence-corrected chi connectivity index (χ0v) is 12.2. The second-order valence-electron chi connectivity index (χ2n) is 4.84. The Labute approximate surface area is 112 Å². The topological polar surface area (TPSA) is 29.3 Å². The number of hydrogen-bond acceptors (Lipinski definition) is 2. The lowest BCUT2D eigenvalue weighted by molar-refractivity contribution is 0.201. The Morgan fingerprint density at radius 1 is 1.06 bits per heavy atom. The molecule has 0 saturated heterocycles. The molecule has 1 aromatic carbocycles. The van der Waals surface area contributed by atoms with E-state index in [-0.39, 0.29) is 0 Å². The SMILES string of the molecule is CCCN(CCC)C(CN)c1ccccc1CC. The van der Waals surface area contributed by atoms with Crippen LogP contribution in [0.25, 0.3) is 0 Å². The van der Waals surface area contributed by atoms with Crippen molar-refractivity contribution in [2.45, 2.75) is 46.1 Å². The minimum absolute atomic E-state index is 0.376. The minimum atomic E-state index is 0.376. The Balaban J connectivity index is 2.98. The normalized spacial score (nSPS) is 12.9. The van der Waals surface area contributed by atoms with Gasteiger partial charge in [-0.05, 0) is 43.5 Å². The highest BCUT2D eigenvalue weighted by Crippen LogP contribution is 2.24. The van der Waals surface area contributed by atoms with Gasteiger partial charge in [0.05, 0.1) is 0 Å². The lowest BCUT2D eigenvalue weighted by Crippen LogP contribution is -2.35. The van der Waals surface area contributed by atoms with Gasteiger partial charge >= 0.3 is 0 Å². The van der Waals surface area contributed by atoms with E-state index in [0.717, 1.165) is 19.5 Å². The maximum absolute atomic E-state index is 6.05. The molecule has 0 spiro atoms. The summed E-state index contributed by atoms with van der Waals surface area (Å²) in [5.74, 6) is 0. The third-order valence-electron chi connectivity index (χ3n) is 3.48. The van der Waals surface area contributed by atoms with Crippen LogP contribution in [-0.4, -0.2) is 24.5 Å². The van der Waals surface area contributed by atoms with Gasteiger partial charge in [-0.25, -0.2) is 0 Å². The molecule has 0 heterocycles. The average Bonchev–Trinajstić information content (AvgIpc) is 2.40. The maximum Gasteiger partial charge on any atom is 0.0473 e. The van der Waals surface area contributed by atoms with Gasteiger partial charge in [0.2, 0.25) is 0 Å². The van der Waals surface area contributed by atoms with Gasteiger partial charge in [-0.3, -0.25) is 4.90 Å². The summed E-state index contributed by atoms with van der Waals surface area (Å²) < 4.78 is 0. The van der Waals surface area contributed by atoms with Gasteiger partial charge in [0.1, 0.15) is 0 Å². The van der Waals surface area contributed by atoms with Crippen molar-refractivity contribution >= 4 is 0 Å². The second-order valence-corrected chi connectivity index (χ2v) is 4.84. The quantitative estimate of drug-likeness (QED) is 0.764. The van der Waals surface area contributed by atoms with Gasteiger partial charge in [0.25, 0.3) is 0 Å². The molecule has 0 fully saturated rings. The van der Waals surface area contributed by atoms with E-state index in [1.165, 1.54) is 24.0 Å². The number of aryl methyl sites for hydroxylation is 1. The Kier molecular flexibility index (Phi) is 6.99. The van der Waals surface area contributed by atoms with E-state index < -0.39 is 0 Å². The zero-order valence-electron chi connectivity index (χ0n) is 12.2. The highest BCUT2D eigenvalue weighted by Gasteiger charge is 2.19. The van der Waals surface area contributed by atoms with E-state index >= 15 is 0 Å². The average molecular weight is 248 g/mol. The Morgan fingerprint density at radius 2 is 1.67 bits per heavy atom. The standard InChI is InChI=1S/C16H28N2/c1-4-11-18(12-5-2)16(13-17)15-10-8-7-9-14(15)6-3/h7-10,16H,4-6,11-13,17H2,1-3H3. The Morgan fingerprint density at radius 3 is 2.17 bits per heavy atom. The summed E-state index contributed by atoms with van der Waals surface area (Å²) in [6, 6.07) is 9.11. The smallest absolute Gasteiger partial charge is 0.0473 e. The summed E-state index contributed by atoms with van der Waals surface area (Å²) in [6.45, 7) is 9.67. The van der Waals surface area contributed by atoms with Crippen molar-refractivity contribution in [2.24, 2.45) is 5.73 Å². The first-order valence-electron chi connectivity index (χ1n) is 7.30. The third kappa shape index (κ3) is 3.82. The number of hydrogen-bond donors (Lipinski definition) is 1. The van der Waals surface area contributed by atoms with Crippen molar-refractivity contribution in [1.29, 1.82) is 0 Å². The lowest BCUT2D eigenvalue weighted by atomic mass is 9.97. The molecule has 0 radical (unpaired) electrons. The van der Waals surface area contributed by atoms with Crippen LogP contribution in [-0.2, 0) is 6.42 Å². The molecule has 1 rings (SSSR count). The van der Waals surface area contributed by atoms with Crippen LogP contribution in [0.4, 0.5) is 0 Å². The summed E-state index contributed by atoms with van der Waals surface area (Å²) in [4.78, 5) is 2.54. The minimum Gasteiger partial charge on any atom is -0.329 e. The molecule has 0 aliphatic carbocycles. The van der Waals surface area contributed by atoms with Crippen molar-refractivity contribution in [1.82, 2.24) is 4.90 Å². The van der Waals surface area contributed by atoms with Crippen LogP contribution in [0.5, 0.6) is 0 Å². The molecule has 0 amide bonds. The van der Waals surface area contributed by atoms with Crippen LogP contribution in [0.2, 0.25) is 0 Å². The predicted octanol–water partition coefficient (Wildman–Crippen LogP) is 3.37. The molecule has 0 aromatic heterocycles. The van der Waals surface area contributed by atoms with Crippen molar-refractivity contribution < 1.29 is 0 Å². The first kappa shape index (κ1) is 15.2. The Hall–Kier alpha value is -0.860. The predicted molar refractivity (Wildman–Crippen MR) is 79.8 cm³/mol. The summed E-state index contributed by atoms with van der Waals surface area (Å²) in [5, 5.41) is 0. The molecule has 0 aliphatic rings. The molecule has 0 bridgehead atoms. The fourth-order valence-electron chi connectivity index (χ4n) is 2.65. The largest absolute Gasteiger partial charge is 0.329 e.